The van der Waals surface area contributed by atoms with Gasteiger partial charge in [0.15, 0.2) is 0 Å². The molecule has 122 valence electrons. The molecule has 0 bridgehead atoms. The van der Waals surface area contributed by atoms with E-state index in [-0.39, 0.29) is 18.4 Å². The average molecular weight is 313 g/mol. The Morgan fingerprint density at radius 1 is 1.09 bits per heavy atom. The van der Waals surface area contributed by atoms with Gasteiger partial charge in [0, 0.05) is 13.0 Å². The van der Waals surface area contributed by atoms with Gasteiger partial charge < -0.3 is 10.4 Å². The van der Waals surface area contributed by atoms with E-state index in [4.69, 9.17) is 0 Å². The number of rotatable bonds is 7. The summed E-state index contributed by atoms with van der Waals surface area (Å²) < 4.78 is 0. The van der Waals surface area contributed by atoms with Crippen LogP contribution in [0.2, 0.25) is 0 Å². The molecular formula is C19H23NO3. The molecule has 0 aliphatic rings. The summed E-state index contributed by atoms with van der Waals surface area (Å²) in [7, 11) is 0. The number of carboxylic acid groups (broad SMARTS) is 1. The molecule has 1 unspecified atom stereocenters. The standard InChI is InChI=1S/C19H23NO3/c1-13(2)10-18(21)20-12-16(19(22)23)11-15-8-5-7-14-6-3-4-9-17(14)15/h3-9,13,16H,10-12H2,1-2H3,(H,20,21)(H,22,23). The summed E-state index contributed by atoms with van der Waals surface area (Å²) >= 11 is 0. The minimum atomic E-state index is -0.886. The van der Waals surface area contributed by atoms with E-state index < -0.39 is 11.9 Å². The first-order chi connectivity index (χ1) is 11.0. The van der Waals surface area contributed by atoms with E-state index >= 15 is 0 Å². The summed E-state index contributed by atoms with van der Waals surface area (Å²) in [6.07, 6.45) is 0.819. The van der Waals surface area contributed by atoms with Gasteiger partial charge in [0.25, 0.3) is 0 Å². The van der Waals surface area contributed by atoms with Crippen LogP contribution < -0.4 is 5.32 Å². The third-order valence-electron chi connectivity index (χ3n) is 3.83. The topological polar surface area (TPSA) is 66.4 Å². The molecule has 0 aliphatic carbocycles. The Balaban J connectivity index is 2.10. The van der Waals surface area contributed by atoms with E-state index in [0.717, 1.165) is 16.3 Å². The van der Waals surface area contributed by atoms with E-state index in [9.17, 15) is 14.7 Å². The van der Waals surface area contributed by atoms with E-state index in [1.54, 1.807) is 0 Å². The summed E-state index contributed by atoms with van der Waals surface area (Å²) in [6, 6.07) is 13.8. The third-order valence-corrected chi connectivity index (χ3v) is 3.83. The molecule has 0 aliphatic heterocycles. The Morgan fingerprint density at radius 2 is 1.78 bits per heavy atom. The fraction of sp³-hybridized carbons (Fsp3) is 0.368. The smallest absolute Gasteiger partial charge is 0.308 e. The number of amides is 1. The fourth-order valence-electron chi connectivity index (χ4n) is 2.66. The van der Waals surface area contributed by atoms with E-state index in [1.165, 1.54) is 0 Å². The van der Waals surface area contributed by atoms with Crippen LogP contribution in [0.4, 0.5) is 0 Å². The van der Waals surface area contributed by atoms with Gasteiger partial charge >= 0.3 is 5.97 Å². The van der Waals surface area contributed by atoms with Crippen LogP contribution in [0.1, 0.15) is 25.8 Å². The minimum Gasteiger partial charge on any atom is -0.481 e. The Kier molecular flexibility index (Phi) is 5.74. The van der Waals surface area contributed by atoms with Crippen LogP contribution in [0.15, 0.2) is 42.5 Å². The summed E-state index contributed by atoms with van der Waals surface area (Å²) in [4.78, 5) is 23.3. The lowest BCUT2D eigenvalue weighted by molar-refractivity contribution is -0.141. The maximum Gasteiger partial charge on any atom is 0.308 e. The highest BCUT2D eigenvalue weighted by Crippen LogP contribution is 2.21. The van der Waals surface area contributed by atoms with Gasteiger partial charge in [0.2, 0.25) is 5.91 Å². The lowest BCUT2D eigenvalue weighted by Crippen LogP contribution is -2.34. The van der Waals surface area contributed by atoms with Crippen molar-refractivity contribution in [2.24, 2.45) is 11.8 Å². The van der Waals surface area contributed by atoms with Crippen LogP contribution in [0.25, 0.3) is 10.8 Å². The predicted molar refractivity (Wildman–Crippen MR) is 91.2 cm³/mol. The second-order valence-corrected chi connectivity index (χ2v) is 6.28. The van der Waals surface area contributed by atoms with Crippen molar-refractivity contribution in [2.45, 2.75) is 26.7 Å². The van der Waals surface area contributed by atoms with Gasteiger partial charge in [0.1, 0.15) is 0 Å². The van der Waals surface area contributed by atoms with Gasteiger partial charge in [-0.05, 0) is 28.7 Å². The van der Waals surface area contributed by atoms with Crippen LogP contribution in [-0.4, -0.2) is 23.5 Å². The second kappa shape index (κ2) is 7.77. The zero-order valence-electron chi connectivity index (χ0n) is 13.6. The lowest BCUT2D eigenvalue weighted by atomic mass is 9.94. The maximum absolute atomic E-state index is 11.7. The average Bonchev–Trinajstić information content (AvgIpc) is 2.50. The normalized spacial score (nSPS) is 12.3. The highest BCUT2D eigenvalue weighted by Gasteiger charge is 2.20. The number of carbonyl (C=O) groups is 2. The molecule has 2 aromatic carbocycles. The molecule has 0 radical (unpaired) electrons. The Hall–Kier alpha value is -2.36. The zero-order valence-corrected chi connectivity index (χ0v) is 13.6. The molecule has 4 heteroatoms. The van der Waals surface area contributed by atoms with E-state index in [2.05, 4.69) is 5.32 Å². The lowest BCUT2D eigenvalue weighted by Gasteiger charge is -2.15. The number of hydrogen-bond donors (Lipinski definition) is 2. The van der Waals surface area contributed by atoms with Gasteiger partial charge in [-0.3, -0.25) is 9.59 Å². The van der Waals surface area contributed by atoms with Crippen molar-refractivity contribution in [2.75, 3.05) is 6.54 Å². The molecule has 23 heavy (non-hydrogen) atoms. The molecule has 0 fully saturated rings. The molecule has 1 atom stereocenters. The zero-order chi connectivity index (χ0) is 16.8. The first kappa shape index (κ1) is 17.0. The molecule has 0 aromatic heterocycles. The van der Waals surface area contributed by atoms with Crippen molar-refractivity contribution in [3.05, 3.63) is 48.0 Å². The molecule has 4 nitrogen and oxygen atoms in total. The summed E-state index contributed by atoms with van der Waals surface area (Å²) in [5.74, 6) is -1.35. The number of benzene rings is 2. The van der Waals surface area contributed by atoms with Crippen molar-refractivity contribution in [3.63, 3.8) is 0 Å². The highest BCUT2D eigenvalue weighted by atomic mass is 16.4. The van der Waals surface area contributed by atoms with Crippen molar-refractivity contribution < 1.29 is 14.7 Å². The largest absolute Gasteiger partial charge is 0.481 e. The number of hydrogen-bond acceptors (Lipinski definition) is 2. The minimum absolute atomic E-state index is 0.0934. The van der Waals surface area contributed by atoms with Crippen LogP contribution in [0.5, 0.6) is 0 Å². The molecule has 0 saturated heterocycles. The highest BCUT2D eigenvalue weighted by molar-refractivity contribution is 5.86. The molecule has 0 saturated carbocycles. The van der Waals surface area contributed by atoms with Crippen LogP contribution in [0.3, 0.4) is 0 Å². The van der Waals surface area contributed by atoms with Crippen LogP contribution >= 0.6 is 0 Å². The van der Waals surface area contributed by atoms with Gasteiger partial charge in [0.05, 0.1) is 5.92 Å². The number of aliphatic carboxylic acids is 1. The molecule has 2 rings (SSSR count). The van der Waals surface area contributed by atoms with E-state index in [0.29, 0.717) is 12.8 Å². The Morgan fingerprint density at radius 3 is 2.48 bits per heavy atom. The number of carboxylic acids is 1. The Labute approximate surface area is 136 Å². The Bertz CT molecular complexity index is 689. The summed E-state index contributed by atoms with van der Waals surface area (Å²) in [5, 5.41) is 14.4. The summed E-state index contributed by atoms with van der Waals surface area (Å²) in [6.45, 7) is 4.08. The van der Waals surface area contributed by atoms with Crippen LogP contribution in [-0.2, 0) is 16.0 Å². The molecular weight excluding hydrogens is 290 g/mol. The predicted octanol–water partition coefficient (Wildman–Crippen LogP) is 3.25. The number of nitrogens with one attached hydrogen (secondary N) is 1. The molecule has 2 aromatic rings. The molecule has 2 N–H and O–H groups in total. The number of carbonyl (C=O) groups excluding carboxylic acids is 1. The summed E-state index contributed by atoms with van der Waals surface area (Å²) in [5.41, 5.74) is 0.994. The fourth-order valence-corrected chi connectivity index (χ4v) is 2.66. The first-order valence-electron chi connectivity index (χ1n) is 7.93. The van der Waals surface area contributed by atoms with Crippen molar-refractivity contribution >= 4 is 22.6 Å². The maximum atomic E-state index is 11.7. The molecule has 0 spiro atoms. The van der Waals surface area contributed by atoms with Crippen LogP contribution in [0, 0.1) is 11.8 Å². The third kappa shape index (κ3) is 4.81. The van der Waals surface area contributed by atoms with Crippen molar-refractivity contribution in [1.82, 2.24) is 5.32 Å². The van der Waals surface area contributed by atoms with Gasteiger partial charge in [-0.25, -0.2) is 0 Å². The van der Waals surface area contributed by atoms with Gasteiger partial charge in [-0.2, -0.15) is 0 Å². The number of fused-ring (bicyclic) bond motifs is 1. The SMILES string of the molecule is CC(C)CC(=O)NCC(Cc1cccc2ccccc12)C(=O)O. The second-order valence-electron chi connectivity index (χ2n) is 6.28. The van der Waals surface area contributed by atoms with Gasteiger partial charge in [-0.15, -0.1) is 0 Å². The van der Waals surface area contributed by atoms with E-state index in [1.807, 2.05) is 56.3 Å². The van der Waals surface area contributed by atoms with Crippen molar-refractivity contribution in [1.29, 1.82) is 0 Å². The molecule has 1 amide bonds. The van der Waals surface area contributed by atoms with Crippen molar-refractivity contribution in [3.8, 4) is 0 Å². The molecule has 0 heterocycles. The quantitative estimate of drug-likeness (QED) is 0.824. The first-order valence-corrected chi connectivity index (χ1v) is 7.93. The monoisotopic (exact) mass is 313 g/mol. The van der Waals surface area contributed by atoms with Gasteiger partial charge in [-0.1, -0.05) is 56.3 Å².